The van der Waals surface area contributed by atoms with Crippen LogP contribution in [0.4, 0.5) is 0 Å². The van der Waals surface area contributed by atoms with Gasteiger partial charge >= 0.3 is 0 Å². The van der Waals surface area contributed by atoms with Crippen LogP contribution in [0.3, 0.4) is 0 Å². The Morgan fingerprint density at radius 2 is 1.71 bits per heavy atom. The highest BCUT2D eigenvalue weighted by molar-refractivity contribution is 6.03. The summed E-state index contributed by atoms with van der Waals surface area (Å²) in [6.45, 7) is 0. The SMILES string of the molecule is O=C(CCC(=O)c1ccc2nc[nH]c2c1)c1cncnc1. The van der Waals surface area contributed by atoms with Crippen LogP contribution in [0.5, 0.6) is 0 Å². The molecule has 1 N–H and O–H groups in total. The fourth-order valence-corrected chi connectivity index (χ4v) is 2.07. The maximum atomic E-state index is 12.1. The summed E-state index contributed by atoms with van der Waals surface area (Å²) in [4.78, 5) is 38.7. The second kappa shape index (κ2) is 5.62. The minimum atomic E-state index is -0.133. The molecule has 0 spiro atoms. The average Bonchev–Trinajstić information content (AvgIpc) is 3.00. The summed E-state index contributed by atoms with van der Waals surface area (Å²) in [5.74, 6) is -0.205. The number of hydrogen-bond acceptors (Lipinski definition) is 5. The quantitative estimate of drug-likeness (QED) is 0.724. The van der Waals surface area contributed by atoms with Crippen molar-refractivity contribution in [3.63, 3.8) is 0 Å². The number of nitrogens with zero attached hydrogens (tertiary/aromatic N) is 3. The van der Waals surface area contributed by atoms with Crippen LogP contribution in [0, 0.1) is 0 Å². The zero-order valence-corrected chi connectivity index (χ0v) is 11.1. The molecule has 0 bridgehead atoms. The Labute approximate surface area is 120 Å². The van der Waals surface area contributed by atoms with Crippen LogP contribution in [0.15, 0.2) is 43.2 Å². The number of fused-ring (bicyclic) bond motifs is 1. The van der Waals surface area contributed by atoms with Crippen molar-refractivity contribution in [2.75, 3.05) is 0 Å². The van der Waals surface area contributed by atoms with Crippen LogP contribution in [-0.2, 0) is 0 Å². The molecule has 0 atom stereocenters. The molecule has 6 nitrogen and oxygen atoms in total. The molecule has 0 fully saturated rings. The first-order valence-corrected chi connectivity index (χ1v) is 6.48. The molecule has 6 heteroatoms. The van der Waals surface area contributed by atoms with E-state index in [1.807, 2.05) is 0 Å². The fraction of sp³-hybridized carbons (Fsp3) is 0.133. The van der Waals surface area contributed by atoms with Crippen LogP contribution in [-0.4, -0.2) is 31.5 Å². The van der Waals surface area contributed by atoms with E-state index in [1.165, 1.54) is 18.7 Å². The molecule has 21 heavy (non-hydrogen) atoms. The smallest absolute Gasteiger partial charge is 0.166 e. The van der Waals surface area contributed by atoms with Crippen molar-refractivity contribution in [2.24, 2.45) is 0 Å². The first-order valence-electron chi connectivity index (χ1n) is 6.48. The van der Waals surface area contributed by atoms with Gasteiger partial charge < -0.3 is 4.98 Å². The van der Waals surface area contributed by atoms with Gasteiger partial charge in [0.05, 0.1) is 22.9 Å². The molecule has 0 saturated carbocycles. The molecule has 2 aromatic heterocycles. The number of imidazole rings is 1. The number of ketones is 2. The summed E-state index contributed by atoms with van der Waals surface area (Å²) in [6, 6.07) is 5.26. The van der Waals surface area contributed by atoms with E-state index in [2.05, 4.69) is 19.9 Å². The van der Waals surface area contributed by atoms with Crippen molar-refractivity contribution in [1.82, 2.24) is 19.9 Å². The molecule has 0 aliphatic carbocycles. The number of aromatic nitrogens is 4. The van der Waals surface area contributed by atoms with E-state index in [4.69, 9.17) is 0 Å². The molecule has 0 aliphatic rings. The van der Waals surface area contributed by atoms with Gasteiger partial charge in [-0.15, -0.1) is 0 Å². The zero-order chi connectivity index (χ0) is 14.7. The Morgan fingerprint density at radius 1 is 1.00 bits per heavy atom. The molecule has 104 valence electrons. The van der Waals surface area contributed by atoms with E-state index >= 15 is 0 Å². The van der Waals surface area contributed by atoms with E-state index in [9.17, 15) is 9.59 Å². The third-order valence-electron chi connectivity index (χ3n) is 3.20. The maximum absolute atomic E-state index is 12.1. The van der Waals surface area contributed by atoms with Crippen molar-refractivity contribution in [3.8, 4) is 0 Å². The molecular weight excluding hydrogens is 268 g/mol. The standard InChI is InChI=1S/C15H12N4O2/c20-14(3-4-15(21)11-6-16-8-17-7-11)10-1-2-12-13(5-10)19-9-18-12/h1-2,5-9H,3-4H2,(H,18,19). The van der Waals surface area contributed by atoms with Crippen LogP contribution in [0.2, 0.25) is 0 Å². The summed E-state index contributed by atoms with van der Waals surface area (Å²) in [7, 11) is 0. The molecule has 0 amide bonds. The Morgan fingerprint density at radius 3 is 2.48 bits per heavy atom. The minimum absolute atomic E-state index is 0.0725. The summed E-state index contributed by atoms with van der Waals surface area (Å²) in [6.07, 6.45) is 6.16. The predicted octanol–water partition coefficient (Wildman–Crippen LogP) is 2.20. The lowest BCUT2D eigenvalue weighted by atomic mass is 10.0. The van der Waals surface area contributed by atoms with Gasteiger partial charge in [-0.2, -0.15) is 0 Å². The maximum Gasteiger partial charge on any atom is 0.166 e. The zero-order valence-electron chi connectivity index (χ0n) is 11.1. The minimum Gasteiger partial charge on any atom is -0.345 e. The molecule has 1 aromatic carbocycles. The largest absolute Gasteiger partial charge is 0.345 e. The van der Waals surface area contributed by atoms with Crippen molar-refractivity contribution in [1.29, 1.82) is 0 Å². The average molecular weight is 280 g/mol. The highest BCUT2D eigenvalue weighted by Crippen LogP contribution is 2.14. The van der Waals surface area contributed by atoms with E-state index in [-0.39, 0.29) is 24.4 Å². The van der Waals surface area contributed by atoms with Gasteiger partial charge in [-0.25, -0.2) is 15.0 Å². The van der Waals surface area contributed by atoms with Crippen LogP contribution in [0.25, 0.3) is 11.0 Å². The Hall–Kier alpha value is -2.89. The van der Waals surface area contributed by atoms with Crippen molar-refractivity contribution >= 4 is 22.6 Å². The Bertz CT molecular complexity index is 796. The molecule has 3 aromatic rings. The lowest BCUT2D eigenvalue weighted by Crippen LogP contribution is -2.06. The Balaban J connectivity index is 1.67. The highest BCUT2D eigenvalue weighted by Gasteiger charge is 2.12. The van der Waals surface area contributed by atoms with Crippen molar-refractivity contribution in [3.05, 3.63) is 54.4 Å². The highest BCUT2D eigenvalue weighted by atomic mass is 16.1. The fourth-order valence-electron chi connectivity index (χ4n) is 2.07. The van der Waals surface area contributed by atoms with Crippen LogP contribution >= 0.6 is 0 Å². The first kappa shape index (κ1) is 13.1. The number of H-pyrrole nitrogens is 1. The third kappa shape index (κ3) is 2.84. The van der Waals surface area contributed by atoms with Gasteiger partial charge in [0.25, 0.3) is 0 Å². The lowest BCUT2D eigenvalue weighted by molar-refractivity contribution is 0.0917. The van der Waals surface area contributed by atoms with Gasteiger partial charge in [-0.3, -0.25) is 9.59 Å². The van der Waals surface area contributed by atoms with Gasteiger partial charge in [0.2, 0.25) is 0 Å². The molecular formula is C15H12N4O2. The first-order chi connectivity index (χ1) is 10.2. The van der Waals surface area contributed by atoms with Crippen LogP contribution < -0.4 is 0 Å². The predicted molar refractivity (Wildman–Crippen MR) is 76.0 cm³/mol. The van der Waals surface area contributed by atoms with Gasteiger partial charge in [-0.05, 0) is 18.2 Å². The summed E-state index contributed by atoms with van der Waals surface area (Å²) in [5, 5.41) is 0. The molecule has 2 heterocycles. The van der Waals surface area contributed by atoms with Gasteiger partial charge in [0.1, 0.15) is 6.33 Å². The number of benzene rings is 1. The molecule has 0 unspecified atom stereocenters. The second-order valence-corrected chi connectivity index (χ2v) is 4.61. The molecule has 0 saturated heterocycles. The molecule has 0 radical (unpaired) electrons. The summed E-state index contributed by atoms with van der Waals surface area (Å²) < 4.78 is 0. The molecule has 0 aliphatic heterocycles. The topological polar surface area (TPSA) is 88.6 Å². The normalized spacial score (nSPS) is 10.7. The van der Waals surface area contributed by atoms with E-state index in [0.717, 1.165) is 11.0 Å². The van der Waals surface area contributed by atoms with E-state index in [0.29, 0.717) is 11.1 Å². The van der Waals surface area contributed by atoms with Crippen molar-refractivity contribution < 1.29 is 9.59 Å². The third-order valence-corrected chi connectivity index (χ3v) is 3.20. The van der Waals surface area contributed by atoms with Gasteiger partial charge in [0, 0.05) is 30.8 Å². The number of hydrogen-bond donors (Lipinski definition) is 1. The summed E-state index contributed by atoms with van der Waals surface area (Å²) in [5.41, 5.74) is 2.62. The number of carbonyl (C=O) groups excluding carboxylic acids is 2. The van der Waals surface area contributed by atoms with Gasteiger partial charge in [-0.1, -0.05) is 0 Å². The number of Topliss-reactive ketones (excluding diaryl/α,β-unsaturated/α-hetero) is 2. The van der Waals surface area contributed by atoms with Crippen LogP contribution in [0.1, 0.15) is 33.6 Å². The Kier molecular flexibility index (Phi) is 3.51. The van der Waals surface area contributed by atoms with E-state index in [1.54, 1.807) is 24.5 Å². The van der Waals surface area contributed by atoms with Gasteiger partial charge in [0.15, 0.2) is 11.6 Å². The molecule has 3 rings (SSSR count). The van der Waals surface area contributed by atoms with E-state index < -0.39 is 0 Å². The monoisotopic (exact) mass is 280 g/mol. The lowest BCUT2D eigenvalue weighted by Gasteiger charge is -2.01. The number of carbonyl (C=O) groups is 2. The number of nitrogens with one attached hydrogen (secondary N) is 1. The van der Waals surface area contributed by atoms with Crippen molar-refractivity contribution in [2.45, 2.75) is 12.8 Å². The second-order valence-electron chi connectivity index (χ2n) is 4.61. The number of aromatic amines is 1. The number of rotatable bonds is 5. The summed E-state index contributed by atoms with van der Waals surface area (Å²) >= 11 is 0.